The monoisotopic (exact) mass is 482 g/mol. The van der Waals surface area contributed by atoms with E-state index in [1.165, 1.54) is 15.3 Å². The molecule has 2 amide bonds. The number of benzene rings is 1. The zero-order valence-electron chi connectivity index (χ0n) is 18.5. The van der Waals surface area contributed by atoms with Crippen LogP contribution in [0.1, 0.15) is 19.3 Å². The molecule has 12 heteroatoms. The highest BCUT2D eigenvalue weighted by atomic mass is 32.2. The molecule has 0 aromatic heterocycles. The van der Waals surface area contributed by atoms with Crippen molar-refractivity contribution in [2.45, 2.75) is 30.3 Å². The number of hydrogen-bond donors (Lipinski definition) is 2. The van der Waals surface area contributed by atoms with Gasteiger partial charge in [0.1, 0.15) is 6.61 Å². The smallest absolute Gasteiger partial charge is 0.409 e. The predicted octanol–water partition coefficient (Wildman–Crippen LogP) is 1.08. The number of nitrogens with one attached hydrogen (secondary N) is 2. The van der Waals surface area contributed by atoms with Crippen molar-refractivity contribution in [3.05, 3.63) is 18.2 Å². The number of carbonyl (C=O) groups is 2. The van der Waals surface area contributed by atoms with Crippen LogP contribution in [0.15, 0.2) is 23.1 Å². The van der Waals surface area contributed by atoms with Crippen LogP contribution in [0.2, 0.25) is 0 Å². The number of anilines is 2. The van der Waals surface area contributed by atoms with Gasteiger partial charge in [-0.05, 0) is 31.0 Å². The molecule has 1 aromatic carbocycles. The second-order valence-corrected chi connectivity index (χ2v) is 10.1. The molecule has 1 atom stereocenters. The topological polar surface area (TPSA) is 127 Å². The lowest BCUT2D eigenvalue weighted by Gasteiger charge is -2.26. The van der Waals surface area contributed by atoms with Crippen LogP contribution in [0.5, 0.6) is 0 Å². The Hall–Kier alpha value is -2.41. The van der Waals surface area contributed by atoms with E-state index < -0.39 is 16.1 Å². The summed E-state index contributed by atoms with van der Waals surface area (Å²) >= 11 is 0. The van der Waals surface area contributed by atoms with E-state index in [1.807, 2.05) is 0 Å². The Morgan fingerprint density at radius 1 is 1.09 bits per heavy atom. The molecule has 33 heavy (non-hydrogen) atoms. The van der Waals surface area contributed by atoms with E-state index in [9.17, 15) is 18.0 Å². The van der Waals surface area contributed by atoms with Gasteiger partial charge in [-0.1, -0.05) is 0 Å². The predicted molar refractivity (Wildman–Crippen MR) is 120 cm³/mol. The van der Waals surface area contributed by atoms with Gasteiger partial charge in [-0.25, -0.2) is 13.2 Å². The van der Waals surface area contributed by atoms with Crippen LogP contribution >= 0.6 is 0 Å². The minimum absolute atomic E-state index is 0.0702. The molecule has 182 valence electrons. The normalized spacial score (nSPS) is 21.8. The van der Waals surface area contributed by atoms with Gasteiger partial charge in [0.25, 0.3) is 0 Å². The summed E-state index contributed by atoms with van der Waals surface area (Å²) in [6, 6.07) is 4.68. The number of morpholine rings is 1. The van der Waals surface area contributed by atoms with Crippen LogP contribution < -0.4 is 10.6 Å². The standard InChI is InChI=1S/C21H30N4O7S/c26-20(5-6-24-7-13-32-21(24)27)23-19-14-17(33(28,29)25-8-11-30-12-9-25)3-4-18(19)22-15-16-2-1-10-31-16/h3-4,14,16,22H,1-2,5-13,15H2,(H,23,26). The van der Waals surface area contributed by atoms with E-state index in [1.54, 1.807) is 12.1 Å². The summed E-state index contributed by atoms with van der Waals surface area (Å²) in [5, 5.41) is 6.08. The summed E-state index contributed by atoms with van der Waals surface area (Å²) in [5.74, 6) is -0.323. The van der Waals surface area contributed by atoms with Crippen molar-refractivity contribution in [2.24, 2.45) is 0 Å². The number of carbonyl (C=O) groups excluding carboxylic acids is 2. The van der Waals surface area contributed by atoms with Crippen molar-refractivity contribution < 1.29 is 32.2 Å². The molecular formula is C21H30N4O7S. The minimum atomic E-state index is -3.72. The molecular weight excluding hydrogens is 452 g/mol. The van der Waals surface area contributed by atoms with Gasteiger partial charge in [0.05, 0.1) is 42.1 Å². The molecule has 11 nitrogen and oxygen atoms in total. The van der Waals surface area contributed by atoms with Crippen molar-refractivity contribution in [1.82, 2.24) is 9.21 Å². The average Bonchev–Trinajstić information content (AvgIpc) is 3.49. The summed E-state index contributed by atoms with van der Waals surface area (Å²) < 4.78 is 43.4. The van der Waals surface area contributed by atoms with Gasteiger partial charge in [0.15, 0.2) is 0 Å². The third-order valence-electron chi connectivity index (χ3n) is 5.87. The summed E-state index contributed by atoms with van der Waals surface area (Å²) in [6.07, 6.45) is 1.67. The van der Waals surface area contributed by atoms with Crippen molar-refractivity contribution in [3.63, 3.8) is 0 Å². The fourth-order valence-electron chi connectivity index (χ4n) is 3.98. The third kappa shape index (κ3) is 5.94. The molecule has 1 unspecified atom stereocenters. The maximum atomic E-state index is 13.1. The summed E-state index contributed by atoms with van der Waals surface area (Å²) in [7, 11) is -3.72. The number of sulfonamides is 1. The fraction of sp³-hybridized carbons (Fsp3) is 0.619. The second-order valence-electron chi connectivity index (χ2n) is 8.14. The molecule has 0 saturated carbocycles. The number of amides is 2. The van der Waals surface area contributed by atoms with Gasteiger partial charge in [-0.2, -0.15) is 4.31 Å². The van der Waals surface area contributed by atoms with Gasteiger partial charge in [0, 0.05) is 39.2 Å². The van der Waals surface area contributed by atoms with Crippen LogP contribution in [0.25, 0.3) is 0 Å². The largest absolute Gasteiger partial charge is 0.448 e. The Bertz CT molecular complexity index is 959. The highest BCUT2D eigenvalue weighted by Crippen LogP contribution is 2.28. The van der Waals surface area contributed by atoms with E-state index in [0.29, 0.717) is 44.3 Å². The van der Waals surface area contributed by atoms with E-state index in [2.05, 4.69) is 10.6 Å². The number of nitrogens with zero attached hydrogens (tertiary/aromatic N) is 2. The minimum Gasteiger partial charge on any atom is -0.448 e. The van der Waals surface area contributed by atoms with Gasteiger partial charge in [-0.3, -0.25) is 4.79 Å². The zero-order chi connectivity index (χ0) is 23.3. The SMILES string of the molecule is O=C(CCN1CCOC1=O)Nc1cc(S(=O)(=O)N2CCOCC2)ccc1NCC1CCCO1. The quantitative estimate of drug-likeness (QED) is 0.535. The molecule has 2 N–H and O–H groups in total. The maximum Gasteiger partial charge on any atom is 0.409 e. The Balaban J connectivity index is 1.49. The number of hydrogen-bond acceptors (Lipinski definition) is 8. The van der Waals surface area contributed by atoms with Crippen molar-refractivity contribution in [1.29, 1.82) is 0 Å². The fourth-order valence-corrected chi connectivity index (χ4v) is 5.42. The third-order valence-corrected chi connectivity index (χ3v) is 7.77. The van der Waals surface area contributed by atoms with E-state index in [0.717, 1.165) is 19.4 Å². The van der Waals surface area contributed by atoms with Gasteiger partial charge in [0.2, 0.25) is 15.9 Å². The lowest BCUT2D eigenvalue weighted by atomic mass is 10.2. The Labute approximate surface area is 193 Å². The van der Waals surface area contributed by atoms with Gasteiger partial charge < -0.3 is 29.7 Å². The molecule has 0 radical (unpaired) electrons. The van der Waals surface area contributed by atoms with E-state index >= 15 is 0 Å². The molecule has 4 rings (SSSR count). The first-order chi connectivity index (χ1) is 15.9. The molecule has 1 aromatic rings. The van der Waals surface area contributed by atoms with Gasteiger partial charge in [-0.15, -0.1) is 0 Å². The zero-order valence-corrected chi connectivity index (χ0v) is 19.3. The van der Waals surface area contributed by atoms with Crippen LogP contribution in [-0.2, 0) is 29.0 Å². The van der Waals surface area contributed by atoms with Gasteiger partial charge >= 0.3 is 6.09 Å². The Kier molecular flexibility index (Phi) is 7.68. The Morgan fingerprint density at radius 3 is 2.61 bits per heavy atom. The van der Waals surface area contributed by atoms with E-state index in [4.69, 9.17) is 14.2 Å². The first-order valence-corrected chi connectivity index (χ1v) is 12.7. The molecule has 0 aliphatic carbocycles. The molecule has 3 heterocycles. The van der Waals surface area contributed by atoms with Crippen molar-refractivity contribution in [2.75, 3.05) is 69.8 Å². The first kappa shape index (κ1) is 23.7. The van der Waals surface area contributed by atoms with Crippen molar-refractivity contribution >= 4 is 33.4 Å². The lowest BCUT2D eigenvalue weighted by molar-refractivity contribution is -0.116. The molecule has 0 spiro atoms. The first-order valence-electron chi connectivity index (χ1n) is 11.2. The molecule has 3 saturated heterocycles. The average molecular weight is 483 g/mol. The van der Waals surface area contributed by atoms with E-state index in [-0.39, 0.29) is 43.0 Å². The van der Waals surface area contributed by atoms with Crippen LogP contribution in [0.3, 0.4) is 0 Å². The molecule has 3 fully saturated rings. The van der Waals surface area contributed by atoms with Crippen LogP contribution in [0.4, 0.5) is 16.2 Å². The lowest BCUT2D eigenvalue weighted by Crippen LogP contribution is -2.40. The highest BCUT2D eigenvalue weighted by Gasteiger charge is 2.28. The maximum absolute atomic E-state index is 13.1. The van der Waals surface area contributed by atoms with Crippen LogP contribution in [-0.4, -0.2) is 94.9 Å². The highest BCUT2D eigenvalue weighted by molar-refractivity contribution is 7.89. The molecule has 0 bridgehead atoms. The summed E-state index contributed by atoms with van der Waals surface area (Å²) in [5.41, 5.74) is 0.983. The number of ether oxygens (including phenoxy) is 3. The summed E-state index contributed by atoms with van der Waals surface area (Å²) in [6.45, 7) is 3.56. The Morgan fingerprint density at radius 2 is 1.91 bits per heavy atom. The number of cyclic esters (lactones) is 1. The summed E-state index contributed by atoms with van der Waals surface area (Å²) in [4.78, 5) is 25.8. The van der Waals surface area contributed by atoms with Crippen LogP contribution in [0, 0.1) is 0 Å². The molecule has 3 aliphatic heterocycles. The molecule has 3 aliphatic rings. The van der Waals surface area contributed by atoms with Crippen molar-refractivity contribution in [3.8, 4) is 0 Å². The number of rotatable bonds is 9. The second kappa shape index (κ2) is 10.7.